The van der Waals surface area contributed by atoms with Crippen molar-refractivity contribution in [3.8, 4) is 11.1 Å². The first kappa shape index (κ1) is 23.7. The molecule has 0 saturated carbocycles. The highest BCUT2D eigenvalue weighted by molar-refractivity contribution is 6.27. The summed E-state index contributed by atoms with van der Waals surface area (Å²) in [4.78, 5) is 38.0. The summed E-state index contributed by atoms with van der Waals surface area (Å²) in [5, 5.41) is 35.0. The Hall–Kier alpha value is -4.47. The highest BCUT2D eigenvalue weighted by Crippen LogP contribution is 2.47. The van der Waals surface area contributed by atoms with Crippen LogP contribution in [0.4, 0.5) is 22.7 Å². The lowest BCUT2D eigenvalue weighted by molar-refractivity contribution is -0.393. The number of fused-ring (bicyclic) bond motifs is 3. The number of nitrogens with zero attached hydrogens (tertiary/aromatic N) is 4. The molecule has 1 aliphatic carbocycles. The fourth-order valence-electron chi connectivity index (χ4n) is 4.41. The number of benzene rings is 3. The highest BCUT2D eigenvalue weighted by atomic mass is 16.6. The van der Waals surface area contributed by atoms with Crippen LogP contribution in [0.5, 0.6) is 0 Å². The number of rotatable bonds is 6. The number of non-ortho nitro benzene ring substituents is 2. The second-order valence-corrected chi connectivity index (χ2v) is 8.94. The molecule has 178 valence electrons. The molecule has 0 radical (unpaired) electrons. The minimum absolute atomic E-state index is 0.0953. The van der Waals surface area contributed by atoms with E-state index in [2.05, 4.69) is 0 Å². The van der Waals surface area contributed by atoms with Crippen molar-refractivity contribution in [3.05, 3.63) is 101 Å². The first-order valence-corrected chi connectivity index (χ1v) is 11.0. The van der Waals surface area contributed by atoms with E-state index in [0.29, 0.717) is 16.8 Å². The lowest BCUT2D eigenvalue weighted by atomic mass is 9.92. The van der Waals surface area contributed by atoms with E-state index in [9.17, 15) is 30.3 Å². The van der Waals surface area contributed by atoms with Crippen molar-refractivity contribution in [3.63, 3.8) is 0 Å². The molecule has 10 heteroatoms. The molecule has 0 spiro atoms. The van der Waals surface area contributed by atoms with Gasteiger partial charge in [-0.2, -0.15) is 0 Å². The van der Waals surface area contributed by atoms with Gasteiger partial charge in [-0.15, -0.1) is 0 Å². The molecular weight excluding hydrogens is 452 g/mol. The zero-order valence-corrected chi connectivity index (χ0v) is 19.5. The minimum Gasteiger partial charge on any atom is -0.258 e. The summed E-state index contributed by atoms with van der Waals surface area (Å²) >= 11 is 0. The Morgan fingerprint density at radius 1 is 0.686 bits per heavy atom. The SMILES string of the molecule is CC(C)c1cccc(C(C)C)c1N=C1c2cc([N+](=O)[O-])ccc2-c2c1cc([N+](=O)[O-])cc2[N+](=O)[O-]. The normalized spacial score (nSPS) is 13.3. The van der Waals surface area contributed by atoms with Gasteiger partial charge < -0.3 is 0 Å². The van der Waals surface area contributed by atoms with Gasteiger partial charge in [0.1, 0.15) is 0 Å². The lowest BCUT2D eigenvalue weighted by Crippen LogP contribution is -2.03. The molecule has 0 bridgehead atoms. The average Bonchev–Trinajstić information content (AvgIpc) is 3.10. The largest absolute Gasteiger partial charge is 0.284 e. The van der Waals surface area contributed by atoms with Crippen molar-refractivity contribution in [1.29, 1.82) is 0 Å². The van der Waals surface area contributed by atoms with Gasteiger partial charge in [-0.25, -0.2) is 4.99 Å². The van der Waals surface area contributed by atoms with Gasteiger partial charge >= 0.3 is 0 Å². The van der Waals surface area contributed by atoms with E-state index < -0.39 is 26.1 Å². The van der Waals surface area contributed by atoms with E-state index in [0.717, 1.165) is 17.2 Å². The third kappa shape index (κ3) is 4.03. The van der Waals surface area contributed by atoms with Crippen molar-refractivity contribution in [2.45, 2.75) is 39.5 Å². The lowest BCUT2D eigenvalue weighted by Gasteiger charge is -2.17. The third-order valence-corrected chi connectivity index (χ3v) is 6.07. The van der Waals surface area contributed by atoms with E-state index >= 15 is 0 Å². The van der Waals surface area contributed by atoms with Crippen LogP contribution in [0.25, 0.3) is 11.1 Å². The maximum atomic E-state index is 11.9. The number of hydrogen-bond acceptors (Lipinski definition) is 7. The molecule has 0 N–H and O–H groups in total. The van der Waals surface area contributed by atoms with Crippen LogP contribution in [0.3, 0.4) is 0 Å². The second kappa shape index (κ2) is 8.71. The molecule has 0 fully saturated rings. The Bertz CT molecular complexity index is 1420. The Labute approximate surface area is 200 Å². The molecule has 0 unspecified atom stereocenters. The summed E-state index contributed by atoms with van der Waals surface area (Å²) in [5.74, 6) is 0.191. The van der Waals surface area contributed by atoms with Gasteiger partial charge in [0.15, 0.2) is 0 Å². The van der Waals surface area contributed by atoms with Gasteiger partial charge in [0.25, 0.3) is 17.1 Å². The molecule has 0 saturated heterocycles. The van der Waals surface area contributed by atoms with Crippen LogP contribution < -0.4 is 0 Å². The predicted molar refractivity (Wildman–Crippen MR) is 132 cm³/mol. The molecule has 10 nitrogen and oxygen atoms in total. The standard InChI is InChI=1S/C25H22N4O6/c1-13(2)17-6-5-7-18(14(3)4)24(17)26-25-20-10-15(27(30)31)8-9-19(20)23-21(25)11-16(28(32)33)12-22(23)29(34)35/h5-14H,1-4H3. The van der Waals surface area contributed by atoms with Crippen molar-refractivity contribution < 1.29 is 14.8 Å². The fourth-order valence-corrected chi connectivity index (χ4v) is 4.41. The monoisotopic (exact) mass is 474 g/mol. The molecule has 0 amide bonds. The summed E-state index contributed by atoms with van der Waals surface area (Å²) in [6.45, 7) is 8.06. The van der Waals surface area contributed by atoms with E-state index in [4.69, 9.17) is 4.99 Å². The fraction of sp³-hybridized carbons (Fsp3) is 0.240. The van der Waals surface area contributed by atoms with E-state index in [1.807, 2.05) is 45.9 Å². The molecule has 3 aromatic rings. The molecule has 35 heavy (non-hydrogen) atoms. The maximum Gasteiger partial charge on any atom is 0.284 e. The number of nitro groups is 3. The van der Waals surface area contributed by atoms with Crippen LogP contribution >= 0.6 is 0 Å². The summed E-state index contributed by atoms with van der Waals surface area (Å²) in [5.41, 5.74) is 2.72. The quantitative estimate of drug-likeness (QED) is 0.222. The van der Waals surface area contributed by atoms with Gasteiger partial charge in [0.05, 0.1) is 37.8 Å². The van der Waals surface area contributed by atoms with E-state index in [1.54, 1.807) is 0 Å². The van der Waals surface area contributed by atoms with E-state index in [-0.39, 0.29) is 34.4 Å². The second-order valence-electron chi connectivity index (χ2n) is 8.94. The van der Waals surface area contributed by atoms with Crippen LogP contribution in [-0.2, 0) is 0 Å². The molecule has 3 aromatic carbocycles. The Balaban J connectivity index is 2.15. The average molecular weight is 474 g/mol. The van der Waals surface area contributed by atoms with Crippen LogP contribution in [0, 0.1) is 30.3 Å². The minimum atomic E-state index is -0.696. The molecule has 0 atom stereocenters. The summed E-state index contributed by atoms with van der Waals surface area (Å²) in [6.07, 6.45) is 0. The summed E-state index contributed by atoms with van der Waals surface area (Å²) < 4.78 is 0. The smallest absolute Gasteiger partial charge is 0.258 e. The van der Waals surface area contributed by atoms with Crippen molar-refractivity contribution in [1.82, 2.24) is 0 Å². The summed E-state index contributed by atoms with van der Waals surface area (Å²) in [7, 11) is 0. The molecule has 0 heterocycles. The van der Waals surface area contributed by atoms with Crippen LogP contribution in [0.15, 0.2) is 53.5 Å². The van der Waals surface area contributed by atoms with Crippen molar-refractivity contribution in [2.24, 2.45) is 4.99 Å². The van der Waals surface area contributed by atoms with E-state index in [1.165, 1.54) is 24.3 Å². The van der Waals surface area contributed by atoms with Gasteiger partial charge in [-0.3, -0.25) is 30.3 Å². The third-order valence-electron chi connectivity index (χ3n) is 6.07. The first-order chi connectivity index (χ1) is 16.5. The van der Waals surface area contributed by atoms with Crippen LogP contribution in [0.2, 0.25) is 0 Å². The Kier molecular flexibility index (Phi) is 5.89. The molecular formula is C25H22N4O6. The van der Waals surface area contributed by atoms with Crippen LogP contribution in [-0.4, -0.2) is 20.5 Å². The number of nitro benzene ring substituents is 3. The topological polar surface area (TPSA) is 142 Å². The van der Waals surface area contributed by atoms with Gasteiger partial charge in [-0.05, 0) is 34.6 Å². The van der Waals surface area contributed by atoms with Gasteiger partial charge in [0, 0.05) is 29.3 Å². The first-order valence-electron chi connectivity index (χ1n) is 11.0. The van der Waals surface area contributed by atoms with Crippen LogP contribution in [0.1, 0.15) is 61.8 Å². The van der Waals surface area contributed by atoms with Gasteiger partial charge in [0.2, 0.25) is 0 Å². The number of aliphatic imine (C=N–C) groups is 1. The maximum absolute atomic E-state index is 11.9. The van der Waals surface area contributed by atoms with Crippen molar-refractivity contribution >= 4 is 28.5 Å². The predicted octanol–water partition coefficient (Wildman–Crippen LogP) is 6.81. The molecule has 1 aliphatic rings. The zero-order valence-electron chi connectivity index (χ0n) is 19.5. The highest BCUT2D eigenvalue weighted by Gasteiger charge is 2.36. The molecule has 4 rings (SSSR count). The summed E-state index contributed by atoms with van der Waals surface area (Å²) in [6, 6.07) is 12.0. The molecule has 0 aromatic heterocycles. The number of hydrogen-bond donors (Lipinski definition) is 0. The zero-order chi connectivity index (χ0) is 25.6. The Morgan fingerprint density at radius 3 is 1.77 bits per heavy atom. The molecule has 0 aliphatic heterocycles. The number of para-hydroxylation sites is 1. The Morgan fingerprint density at radius 2 is 1.26 bits per heavy atom. The van der Waals surface area contributed by atoms with Gasteiger partial charge in [-0.1, -0.05) is 45.9 Å². The van der Waals surface area contributed by atoms with Crippen molar-refractivity contribution in [2.75, 3.05) is 0 Å².